The molecule has 1 spiro atoms. The molecule has 46 valence electrons. The molecular formula is C6H12N2. The van der Waals surface area contributed by atoms with E-state index in [-0.39, 0.29) is 0 Å². The lowest BCUT2D eigenvalue weighted by Gasteiger charge is -2.39. The van der Waals surface area contributed by atoms with Crippen molar-refractivity contribution in [2.24, 2.45) is 0 Å². The average molecular weight is 112 g/mol. The van der Waals surface area contributed by atoms with Crippen LogP contribution in [0, 0.1) is 0 Å². The third kappa shape index (κ3) is 0.501. The molecule has 2 aliphatic heterocycles. The van der Waals surface area contributed by atoms with Crippen LogP contribution in [0.4, 0.5) is 0 Å². The summed E-state index contributed by atoms with van der Waals surface area (Å²) < 4.78 is 0. The molecule has 2 heteroatoms. The van der Waals surface area contributed by atoms with Gasteiger partial charge in [-0.3, -0.25) is 0 Å². The smallest absolute Gasteiger partial charge is 0.0432 e. The molecule has 0 aromatic carbocycles. The maximum atomic E-state index is 3.51. The molecule has 0 saturated carbocycles. The van der Waals surface area contributed by atoms with E-state index in [0.29, 0.717) is 5.54 Å². The van der Waals surface area contributed by atoms with Crippen LogP contribution in [0.2, 0.25) is 0 Å². The molecule has 0 amide bonds. The number of rotatable bonds is 0. The van der Waals surface area contributed by atoms with Gasteiger partial charge in [0.05, 0.1) is 0 Å². The molecule has 0 aromatic heterocycles. The summed E-state index contributed by atoms with van der Waals surface area (Å²) in [7, 11) is 0. The first-order valence-corrected chi connectivity index (χ1v) is 3.37. The van der Waals surface area contributed by atoms with Crippen molar-refractivity contribution in [2.45, 2.75) is 18.4 Å². The second kappa shape index (κ2) is 1.45. The average Bonchev–Trinajstić information content (AvgIpc) is 2.07. The summed E-state index contributed by atoms with van der Waals surface area (Å²) in [6, 6.07) is 0. The standard InChI is InChI=1S/C6H12N2/c1-2-6(8-3-1)4-7-5-6/h7-8H,1-5H2. The SMILES string of the molecule is C1CNC2(C1)CNC2. The van der Waals surface area contributed by atoms with Gasteiger partial charge in [-0.2, -0.15) is 0 Å². The summed E-state index contributed by atoms with van der Waals surface area (Å²) in [5.41, 5.74) is 0.556. The summed E-state index contributed by atoms with van der Waals surface area (Å²) >= 11 is 0. The Morgan fingerprint density at radius 3 is 2.38 bits per heavy atom. The first-order valence-electron chi connectivity index (χ1n) is 3.37. The highest BCUT2D eigenvalue weighted by Gasteiger charge is 2.38. The second-order valence-corrected chi connectivity index (χ2v) is 2.91. The predicted molar refractivity (Wildman–Crippen MR) is 32.8 cm³/mol. The molecule has 0 aliphatic carbocycles. The van der Waals surface area contributed by atoms with E-state index in [1.54, 1.807) is 0 Å². The van der Waals surface area contributed by atoms with Crippen LogP contribution < -0.4 is 10.6 Å². The van der Waals surface area contributed by atoms with Crippen molar-refractivity contribution in [3.63, 3.8) is 0 Å². The summed E-state index contributed by atoms with van der Waals surface area (Å²) in [4.78, 5) is 0. The lowest BCUT2D eigenvalue weighted by Crippen LogP contribution is -2.64. The van der Waals surface area contributed by atoms with Gasteiger partial charge in [-0.05, 0) is 19.4 Å². The molecule has 2 rings (SSSR count). The van der Waals surface area contributed by atoms with Crippen LogP contribution in [0.25, 0.3) is 0 Å². The minimum Gasteiger partial charge on any atom is -0.313 e. The highest BCUT2D eigenvalue weighted by Crippen LogP contribution is 2.22. The Hall–Kier alpha value is -0.0800. The zero-order valence-corrected chi connectivity index (χ0v) is 5.04. The first kappa shape index (κ1) is 4.77. The molecule has 2 aliphatic rings. The van der Waals surface area contributed by atoms with E-state index in [1.807, 2.05) is 0 Å². The molecule has 0 aromatic rings. The Kier molecular flexibility index (Phi) is 0.866. The number of hydrogen-bond donors (Lipinski definition) is 2. The molecular weight excluding hydrogens is 100 g/mol. The van der Waals surface area contributed by atoms with Gasteiger partial charge in [-0.25, -0.2) is 0 Å². The molecule has 2 N–H and O–H groups in total. The van der Waals surface area contributed by atoms with Crippen molar-refractivity contribution in [3.8, 4) is 0 Å². The van der Waals surface area contributed by atoms with Gasteiger partial charge in [0.15, 0.2) is 0 Å². The van der Waals surface area contributed by atoms with Crippen LogP contribution in [0.3, 0.4) is 0 Å². The maximum Gasteiger partial charge on any atom is 0.0432 e. The highest BCUT2D eigenvalue weighted by atomic mass is 15.2. The zero-order chi connectivity index (χ0) is 5.45. The lowest BCUT2D eigenvalue weighted by molar-refractivity contribution is 0.248. The van der Waals surface area contributed by atoms with Crippen LogP contribution in [0.1, 0.15) is 12.8 Å². The van der Waals surface area contributed by atoms with Crippen molar-refractivity contribution in [3.05, 3.63) is 0 Å². The van der Waals surface area contributed by atoms with Gasteiger partial charge >= 0.3 is 0 Å². The van der Waals surface area contributed by atoms with Crippen molar-refractivity contribution >= 4 is 0 Å². The first-order chi connectivity index (χ1) is 3.91. The molecule has 0 atom stereocenters. The summed E-state index contributed by atoms with van der Waals surface area (Å²) in [5, 5.41) is 6.79. The van der Waals surface area contributed by atoms with Crippen molar-refractivity contribution in [2.75, 3.05) is 19.6 Å². The molecule has 2 fully saturated rings. The number of nitrogens with one attached hydrogen (secondary N) is 2. The molecule has 0 bridgehead atoms. The van der Waals surface area contributed by atoms with Gasteiger partial charge in [0.25, 0.3) is 0 Å². The lowest BCUT2D eigenvalue weighted by atomic mass is 9.91. The fourth-order valence-electron chi connectivity index (χ4n) is 1.60. The second-order valence-electron chi connectivity index (χ2n) is 2.91. The van der Waals surface area contributed by atoms with Gasteiger partial charge < -0.3 is 10.6 Å². The molecule has 2 heterocycles. The topological polar surface area (TPSA) is 24.1 Å². The summed E-state index contributed by atoms with van der Waals surface area (Å²) in [5.74, 6) is 0. The molecule has 0 unspecified atom stereocenters. The Morgan fingerprint density at radius 2 is 2.12 bits per heavy atom. The van der Waals surface area contributed by atoms with Crippen molar-refractivity contribution in [1.82, 2.24) is 10.6 Å². The molecule has 8 heavy (non-hydrogen) atoms. The Bertz CT molecular complexity index is 88.7. The minimum absolute atomic E-state index is 0.556. The van der Waals surface area contributed by atoms with Gasteiger partial charge in [0, 0.05) is 18.6 Å². The fraction of sp³-hybridized carbons (Fsp3) is 1.00. The predicted octanol–water partition coefficient (Wildman–Crippen LogP) is -0.288. The van der Waals surface area contributed by atoms with Crippen LogP contribution in [-0.4, -0.2) is 25.2 Å². The fourth-order valence-corrected chi connectivity index (χ4v) is 1.60. The van der Waals surface area contributed by atoms with Crippen molar-refractivity contribution < 1.29 is 0 Å². The summed E-state index contributed by atoms with van der Waals surface area (Å²) in [6.07, 6.45) is 2.77. The van der Waals surface area contributed by atoms with E-state index < -0.39 is 0 Å². The largest absolute Gasteiger partial charge is 0.313 e. The third-order valence-corrected chi connectivity index (χ3v) is 2.26. The van der Waals surface area contributed by atoms with Crippen molar-refractivity contribution in [1.29, 1.82) is 0 Å². The van der Waals surface area contributed by atoms with E-state index >= 15 is 0 Å². The third-order valence-electron chi connectivity index (χ3n) is 2.26. The zero-order valence-electron chi connectivity index (χ0n) is 5.04. The monoisotopic (exact) mass is 112 g/mol. The Labute approximate surface area is 49.7 Å². The highest BCUT2D eigenvalue weighted by molar-refractivity contribution is 5.03. The minimum atomic E-state index is 0.556. The van der Waals surface area contributed by atoms with Crippen LogP contribution in [0.15, 0.2) is 0 Å². The van der Waals surface area contributed by atoms with Gasteiger partial charge in [0.1, 0.15) is 0 Å². The Balaban J connectivity index is 2.01. The van der Waals surface area contributed by atoms with Crippen LogP contribution in [0.5, 0.6) is 0 Å². The van der Waals surface area contributed by atoms with E-state index in [2.05, 4.69) is 10.6 Å². The van der Waals surface area contributed by atoms with E-state index in [0.717, 1.165) is 0 Å². The van der Waals surface area contributed by atoms with E-state index in [4.69, 9.17) is 0 Å². The number of hydrogen-bond acceptors (Lipinski definition) is 2. The van der Waals surface area contributed by atoms with Gasteiger partial charge in [-0.1, -0.05) is 0 Å². The Morgan fingerprint density at radius 1 is 1.25 bits per heavy atom. The van der Waals surface area contributed by atoms with Gasteiger partial charge in [-0.15, -0.1) is 0 Å². The van der Waals surface area contributed by atoms with Crippen LogP contribution in [-0.2, 0) is 0 Å². The normalized spacial score (nSPS) is 33.0. The summed E-state index contributed by atoms with van der Waals surface area (Å²) in [6.45, 7) is 3.64. The molecule has 2 saturated heterocycles. The quantitative estimate of drug-likeness (QED) is 0.450. The van der Waals surface area contributed by atoms with Crippen LogP contribution >= 0.6 is 0 Å². The van der Waals surface area contributed by atoms with Gasteiger partial charge in [0.2, 0.25) is 0 Å². The molecule has 2 nitrogen and oxygen atoms in total. The van der Waals surface area contributed by atoms with E-state index in [9.17, 15) is 0 Å². The van der Waals surface area contributed by atoms with E-state index in [1.165, 1.54) is 32.5 Å². The molecule has 0 radical (unpaired) electrons. The maximum absolute atomic E-state index is 3.51.